The molecule has 0 saturated carbocycles. The number of thiophene rings is 1. The molecule has 0 fully saturated rings. The zero-order valence-corrected chi connectivity index (χ0v) is 20.8. The summed E-state index contributed by atoms with van der Waals surface area (Å²) < 4.78 is 1.64. The third-order valence-electron chi connectivity index (χ3n) is 6.02. The highest BCUT2D eigenvalue weighted by Crippen LogP contribution is 2.37. The van der Waals surface area contributed by atoms with E-state index in [0.29, 0.717) is 16.5 Å². The number of Topliss-reactive ketones (excluding diaryl/α,β-unsaturated/α-hetero) is 1. The van der Waals surface area contributed by atoms with Crippen molar-refractivity contribution in [1.29, 1.82) is 5.26 Å². The van der Waals surface area contributed by atoms with Gasteiger partial charge in [-0.25, -0.2) is 4.98 Å². The minimum atomic E-state index is -0.372. The van der Waals surface area contributed by atoms with Crippen LogP contribution >= 0.6 is 23.1 Å². The molecule has 8 heteroatoms. The van der Waals surface area contributed by atoms with Gasteiger partial charge in [0.1, 0.15) is 16.5 Å². The fourth-order valence-corrected chi connectivity index (χ4v) is 6.52. The molecule has 33 heavy (non-hydrogen) atoms. The highest BCUT2D eigenvalue weighted by molar-refractivity contribution is 7.99. The summed E-state index contributed by atoms with van der Waals surface area (Å²) in [6, 6.07) is 7.85. The SMILES string of the molecule is C/C(N)=C(/C#N)C(=O)CSc1nc2sc3c(c2c(=O)n1-c1cc(C)ccc1C)CCC(C)C3. The van der Waals surface area contributed by atoms with Gasteiger partial charge in [0.15, 0.2) is 10.9 Å². The Balaban J connectivity index is 1.90. The molecule has 3 aromatic rings. The first kappa shape index (κ1) is 23.3. The summed E-state index contributed by atoms with van der Waals surface area (Å²) in [4.78, 5) is 33.4. The van der Waals surface area contributed by atoms with E-state index in [1.165, 1.54) is 23.6 Å². The summed E-state index contributed by atoms with van der Waals surface area (Å²) in [6.45, 7) is 7.72. The number of aromatic nitrogens is 2. The van der Waals surface area contributed by atoms with Crippen molar-refractivity contribution in [2.75, 3.05) is 5.75 Å². The fourth-order valence-electron chi connectivity index (χ4n) is 4.21. The predicted octanol–water partition coefficient (Wildman–Crippen LogP) is 4.61. The van der Waals surface area contributed by atoms with E-state index in [1.54, 1.807) is 15.9 Å². The number of benzene rings is 1. The Hall–Kier alpha value is -2.89. The number of nitrogens with zero attached hydrogens (tertiary/aromatic N) is 3. The molecule has 0 bridgehead atoms. The van der Waals surface area contributed by atoms with Crippen LogP contribution in [0.15, 0.2) is 39.4 Å². The van der Waals surface area contributed by atoms with Gasteiger partial charge < -0.3 is 5.73 Å². The average molecular weight is 479 g/mol. The van der Waals surface area contributed by atoms with Crippen LogP contribution in [-0.2, 0) is 17.6 Å². The summed E-state index contributed by atoms with van der Waals surface area (Å²) in [5, 5.41) is 10.4. The van der Waals surface area contributed by atoms with Gasteiger partial charge >= 0.3 is 0 Å². The van der Waals surface area contributed by atoms with Gasteiger partial charge in [-0.15, -0.1) is 11.3 Å². The number of hydrogen-bond acceptors (Lipinski definition) is 7. The van der Waals surface area contributed by atoms with Gasteiger partial charge in [0.2, 0.25) is 0 Å². The van der Waals surface area contributed by atoms with Crippen LogP contribution in [0.25, 0.3) is 15.9 Å². The van der Waals surface area contributed by atoms with Crippen molar-refractivity contribution in [3.8, 4) is 11.8 Å². The molecule has 1 aromatic carbocycles. The third kappa shape index (κ3) is 4.35. The smallest absolute Gasteiger partial charge is 0.267 e. The molecule has 2 heterocycles. The second kappa shape index (κ2) is 9.16. The first-order valence-corrected chi connectivity index (χ1v) is 12.7. The maximum atomic E-state index is 13.9. The van der Waals surface area contributed by atoms with Crippen molar-refractivity contribution in [3.05, 3.63) is 61.4 Å². The maximum Gasteiger partial charge on any atom is 0.267 e. The van der Waals surface area contributed by atoms with Crippen LogP contribution in [-0.4, -0.2) is 21.1 Å². The topological polar surface area (TPSA) is 102 Å². The van der Waals surface area contributed by atoms with E-state index in [9.17, 15) is 14.9 Å². The van der Waals surface area contributed by atoms with E-state index in [-0.39, 0.29) is 28.4 Å². The second-order valence-corrected chi connectivity index (χ2v) is 10.8. The van der Waals surface area contributed by atoms with Crippen molar-refractivity contribution in [3.63, 3.8) is 0 Å². The summed E-state index contributed by atoms with van der Waals surface area (Å²) in [7, 11) is 0. The van der Waals surface area contributed by atoms with Crippen LogP contribution in [0.4, 0.5) is 0 Å². The lowest BCUT2D eigenvalue weighted by Gasteiger charge is -2.18. The third-order valence-corrected chi connectivity index (χ3v) is 8.11. The Bertz CT molecular complexity index is 1400. The van der Waals surface area contributed by atoms with E-state index < -0.39 is 0 Å². The second-order valence-electron chi connectivity index (χ2n) is 8.74. The molecule has 0 amide bonds. The van der Waals surface area contributed by atoms with Crippen LogP contribution in [0.1, 0.15) is 41.8 Å². The standard InChI is InChI=1S/C25H26N4O2S2/c1-13-5-7-15(3)19(9-13)29-24(31)22-17-8-6-14(2)10-21(17)33-23(22)28-25(29)32-12-20(30)18(11-26)16(4)27/h5,7,9,14H,6,8,10,12,27H2,1-4H3/b18-16+. The number of allylic oxidation sites excluding steroid dienone is 2. The number of hydrogen-bond donors (Lipinski definition) is 1. The zero-order valence-electron chi connectivity index (χ0n) is 19.2. The lowest BCUT2D eigenvalue weighted by molar-refractivity contribution is -0.112. The van der Waals surface area contributed by atoms with Crippen molar-refractivity contribution in [2.45, 2.75) is 52.1 Å². The first-order chi connectivity index (χ1) is 15.7. The number of aryl methyl sites for hydroxylation is 3. The molecule has 0 spiro atoms. The van der Waals surface area contributed by atoms with E-state index in [4.69, 9.17) is 10.7 Å². The van der Waals surface area contributed by atoms with Crippen LogP contribution in [0.5, 0.6) is 0 Å². The van der Waals surface area contributed by atoms with Gasteiger partial charge in [0.05, 0.1) is 16.8 Å². The predicted molar refractivity (Wildman–Crippen MR) is 134 cm³/mol. The molecule has 1 aliphatic carbocycles. The Kier molecular flexibility index (Phi) is 6.46. The molecule has 170 valence electrons. The van der Waals surface area contributed by atoms with E-state index in [1.807, 2.05) is 38.1 Å². The number of carbonyl (C=O) groups is 1. The minimum Gasteiger partial charge on any atom is -0.401 e. The average Bonchev–Trinajstić information content (AvgIpc) is 3.12. The molecule has 1 atom stereocenters. The zero-order chi connectivity index (χ0) is 23.9. The Morgan fingerprint density at radius 3 is 2.85 bits per heavy atom. The molecular formula is C25H26N4O2S2. The van der Waals surface area contributed by atoms with Gasteiger partial charge in [-0.05, 0) is 68.7 Å². The molecule has 2 N–H and O–H groups in total. The van der Waals surface area contributed by atoms with Crippen LogP contribution in [0, 0.1) is 31.1 Å². The van der Waals surface area contributed by atoms with Crippen LogP contribution in [0.2, 0.25) is 0 Å². The molecule has 0 radical (unpaired) electrons. The number of nitriles is 1. The number of nitrogens with two attached hydrogens (primary N) is 1. The normalized spacial score (nSPS) is 16.3. The fraction of sp³-hybridized carbons (Fsp3) is 0.360. The number of thioether (sulfide) groups is 1. The minimum absolute atomic E-state index is 0.0254. The molecule has 2 aromatic heterocycles. The van der Waals surface area contributed by atoms with Crippen molar-refractivity contribution in [2.24, 2.45) is 11.7 Å². The molecule has 1 aliphatic rings. The summed E-state index contributed by atoms with van der Waals surface area (Å²) in [6.07, 6.45) is 2.91. The highest BCUT2D eigenvalue weighted by Gasteiger charge is 2.26. The molecule has 1 unspecified atom stereocenters. The molecular weight excluding hydrogens is 452 g/mol. The summed E-state index contributed by atoms with van der Waals surface area (Å²) in [5.41, 5.74) is 9.62. The Labute approximate surface area is 201 Å². The Morgan fingerprint density at radius 1 is 1.39 bits per heavy atom. The first-order valence-electron chi connectivity index (χ1n) is 10.9. The maximum absolute atomic E-state index is 13.9. The largest absolute Gasteiger partial charge is 0.401 e. The lowest BCUT2D eigenvalue weighted by atomic mass is 9.89. The summed E-state index contributed by atoms with van der Waals surface area (Å²) in [5.74, 6) is 0.195. The van der Waals surface area contributed by atoms with Crippen LogP contribution < -0.4 is 11.3 Å². The van der Waals surface area contributed by atoms with Gasteiger partial charge in [0.25, 0.3) is 5.56 Å². The number of rotatable bonds is 5. The van der Waals surface area contributed by atoms with E-state index >= 15 is 0 Å². The van der Waals surface area contributed by atoms with E-state index in [2.05, 4.69) is 6.92 Å². The van der Waals surface area contributed by atoms with Crippen molar-refractivity contribution in [1.82, 2.24) is 9.55 Å². The van der Waals surface area contributed by atoms with Gasteiger partial charge in [-0.3, -0.25) is 14.2 Å². The number of carbonyl (C=O) groups excluding carboxylic acids is 1. The van der Waals surface area contributed by atoms with Crippen LogP contribution in [0.3, 0.4) is 0 Å². The molecule has 6 nitrogen and oxygen atoms in total. The molecule has 4 rings (SSSR count). The van der Waals surface area contributed by atoms with Gasteiger partial charge in [0, 0.05) is 10.6 Å². The van der Waals surface area contributed by atoms with E-state index in [0.717, 1.165) is 46.5 Å². The lowest BCUT2D eigenvalue weighted by Crippen LogP contribution is -2.24. The Morgan fingerprint density at radius 2 is 2.15 bits per heavy atom. The quantitative estimate of drug-likeness (QED) is 0.249. The monoisotopic (exact) mass is 478 g/mol. The van der Waals surface area contributed by atoms with Gasteiger partial charge in [-0.1, -0.05) is 30.8 Å². The summed E-state index contributed by atoms with van der Waals surface area (Å²) >= 11 is 2.76. The van der Waals surface area contributed by atoms with Crippen molar-refractivity contribution < 1.29 is 4.79 Å². The highest BCUT2D eigenvalue weighted by atomic mass is 32.2. The van der Waals surface area contributed by atoms with Gasteiger partial charge in [-0.2, -0.15) is 5.26 Å². The van der Waals surface area contributed by atoms with Crippen molar-refractivity contribution >= 4 is 39.1 Å². The molecule has 0 aliphatic heterocycles. The number of ketones is 1. The number of fused-ring (bicyclic) bond motifs is 3. The molecule has 0 saturated heterocycles.